The van der Waals surface area contributed by atoms with Gasteiger partial charge < -0.3 is 19.1 Å². The number of phenolic OH excluding ortho intramolecular Hbond substituents is 1. The van der Waals surface area contributed by atoms with Gasteiger partial charge in [0.1, 0.15) is 5.82 Å². The number of hydrogen-bond acceptors (Lipinski definition) is 5. The molecule has 0 radical (unpaired) electrons. The highest BCUT2D eigenvalue weighted by atomic mass is 19.1. The smallest absolute Gasteiger partial charge is 0.331 e. The number of phenols is 1. The number of nitrogens with zero attached hydrogens (tertiary/aromatic N) is 1. The van der Waals surface area contributed by atoms with Gasteiger partial charge in [-0.15, -0.1) is 0 Å². The molecule has 0 aliphatic heterocycles. The van der Waals surface area contributed by atoms with E-state index in [1.807, 2.05) is 6.92 Å². The highest BCUT2D eigenvalue weighted by molar-refractivity contribution is 6.00. The van der Waals surface area contributed by atoms with Gasteiger partial charge in [0.2, 0.25) is 5.78 Å². The number of hydrogen-bond donors (Lipinski definition) is 1. The molecule has 3 aromatic rings. The topological polar surface area (TPSA) is 77.8 Å². The molecular weight excluding hydrogens is 401 g/mol. The Hall–Kier alpha value is -3.87. The van der Waals surface area contributed by atoms with Crippen LogP contribution in [0.4, 0.5) is 4.39 Å². The quantitative estimate of drug-likeness (QED) is 0.347. The fraction of sp³-hybridized carbons (Fsp3) is 0.167. The van der Waals surface area contributed by atoms with Crippen molar-refractivity contribution in [3.8, 4) is 17.2 Å². The van der Waals surface area contributed by atoms with Crippen LogP contribution in [0.5, 0.6) is 11.5 Å². The van der Waals surface area contributed by atoms with Crippen LogP contribution in [-0.4, -0.2) is 35.1 Å². The highest BCUT2D eigenvalue weighted by Gasteiger charge is 2.18. The predicted octanol–water partition coefficient (Wildman–Crippen LogP) is 4.39. The zero-order chi connectivity index (χ0) is 22.5. The van der Waals surface area contributed by atoms with Crippen LogP contribution in [0.25, 0.3) is 11.8 Å². The molecule has 1 aromatic heterocycles. The molecule has 6 nitrogen and oxygen atoms in total. The van der Waals surface area contributed by atoms with E-state index in [-0.39, 0.29) is 23.1 Å². The number of rotatable bonds is 7. The van der Waals surface area contributed by atoms with Gasteiger partial charge in [0, 0.05) is 28.7 Å². The van der Waals surface area contributed by atoms with Crippen molar-refractivity contribution in [1.82, 2.24) is 4.57 Å². The minimum Gasteiger partial charge on any atom is -0.504 e. The summed E-state index contributed by atoms with van der Waals surface area (Å²) in [6.07, 6.45) is 2.68. The Labute approximate surface area is 179 Å². The first-order valence-electron chi connectivity index (χ1n) is 9.50. The van der Waals surface area contributed by atoms with Crippen molar-refractivity contribution < 1.29 is 28.6 Å². The summed E-state index contributed by atoms with van der Waals surface area (Å²) in [5, 5.41) is 9.60. The maximum atomic E-state index is 13.6. The molecule has 0 fully saturated rings. The summed E-state index contributed by atoms with van der Waals surface area (Å²) in [7, 11) is 1.42. The predicted molar refractivity (Wildman–Crippen MR) is 114 cm³/mol. The normalized spacial score (nSPS) is 11.0. The second kappa shape index (κ2) is 9.30. The minimum atomic E-state index is -0.681. The lowest BCUT2D eigenvalue weighted by Gasteiger charge is -2.10. The van der Waals surface area contributed by atoms with Crippen LogP contribution in [0.2, 0.25) is 0 Å². The van der Waals surface area contributed by atoms with Crippen LogP contribution in [-0.2, 0) is 9.53 Å². The minimum absolute atomic E-state index is 0.0105. The number of esters is 1. The molecule has 0 aliphatic carbocycles. The summed E-state index contributed by atoms with van der Waals surface area (Å²) >= 11 is 0. The van der Waals surface area contributed by atoms with Crippen molar-refractivity contribution in [2.45, 2.75) is 13.8 Å². The monoisotopic (exact) mass is 423 g/mol. The Kier molecular flexibility index (Phi) is 6.55. The summed E-state index contributed by atoms with van der Waals surface area (Å²) in [4.78, 5) is 24.6. The average molecular weight is 423 g/mol. The van der Waals surface area contributed by atoms with Crippen LogP contribution >= 0.6 is 0 Å². The van der Waals surface area contributed by atoms with Gasteiger partial charge in [0.05, 0.1) is 7.11 Å². The van der Waals surface area contributed by atoms with E-state index in [1.54, 1.807) is 41.8 Å². The molecule has 0 amide bonds. The first kappa shape index (κ1) is 21.8. The number of carbonyl (C=O) groups is 2. The van der Waals surface area contributed by atoms with Crippen LogP contribution in [0.3, 0.4) is 0 Å². The first-order chi connectivity index (χ1) is 14.8. The van der Waals surface area contributed by atoms with E-state index in [4.69, 9.17) is 9.47 Å². The SMILES string of the molecule is COc1cc(/C=C/C(=O)OCC(=O)c2cc(C)n(-c3cccc(F)c3)c2C)ccc1O. The molecule has 1 N–H and O–H groups in total. The van der Waals surface area contributed by atoms with Crippen molar-refractivity contribution in [3.05, 3.63) is 82.9 Å². The maximum Gasteiger partial charge on any atom is 0.331 e. The zero-order valence-corrected chi connectivity index (χ0v) is 17.4. The van der Waals surface area contributed by atoms with Crippen molar-refractivity contribution in [2.24, 2.45) is 0 Å². The van der Waals surface area contributed by atoms with E-state index in [2.05, 4.69) is 0 Å². The summed E-state index contributed by atoms with van der Waals surface area (Å²) < 4.78 is 25.4. The third-order valence-electron chi connectivity index (χ3n) is 4.76. The number of ketones is 1. The molecule has 3 rings (SSSR count). The molecule has 1 heterocycles. The van der Waals surface area contributed by atoms with E-state index in [9.17, 15) is 19.1 Å². The molecule has 0 aliphatic rings. The van der Waals surface area contributed by atoms with Gasteiger partial charge in [-0.05, 0) is 61.9 Å². The number of carbonyl (C=O) groups excluding carboxylic acids is 2. The second-order valence-electron chi connectivity index (χ2n) is 6.90. The number of Topliss-reactive ketones (excluding diaryl/α,β-unsaturated/α-hetero) is 1. The van der Waals surface area contributed by atoms with E-state index < -0.39 is 12.6 Å². The number of aromatic nitrogens is 1. The fourth-order valence-corrected chi connectivity index (χ4v) is 3.28. The largest absolute Gasteiger partial charge is 0.504 e. The number of methoxy groups -OCH3 is 1. The molecule has 0 saturated heterocycles. The van der Waals surface area contributed by atoms with E-state index in [0.717, 1.165) is 5.69 Å². The second-order valence-corrected chi connectivity index (χ2v) is 6.90. The summed E-state index contributed by atoms with van der Waals surface area (Å²) in [6, 6.07) is 12.4. The average Bonchev–Trinajstić information content (AvgIpc) is 3.05. The van der Waals surface area contributed by atoms with Gasteiger partial charge in [-0.3, -0.25) is 4.79 Å². The summed E-state index contributed by atoms with van der Waals surface area (Å²) in [6.45, 7) is 3.15. The van der Waals surface area contributed by atoms with Gasteiger partial charge >= 0.3 is 5.97 Å². The third-order valence-corrected chi connectivity index (χ3v) is 4.76. The van der Waals surface area contributed by atoms with Crippen molar-refractivity contribution in [3.63, 3.8) is 0 Å². The molecule has 2 aromatic carbocycles. The van der Waals surface area contributed by atoms with Gasteiger partial charge in [0.15, 0.2) is 18.1 Å². The molecule has 0 unspecified atom stereocenters. The van der Waals surface area contributed by atoms with E-state index in [0.29, 0.717) is 22.5 Å². The summed E-state index contributed by atoms with van der Waals surface area (Å²) in [5.41, 5.74) is 3.03. The van der Waals surface area contributed by atoms with Crippen molar-refractivity contribution >= 4 is 17.8 Å². The van der Waals surface area contributed by atoms with Gasteiger partial charge in [0.25, 0.3) is 0 Å². The van der Waals surface area contributed by atoms with Crippen molar-refractivity contribution in [2.75, 3.05) is 13.7 Å². The van der Waals surface area contributed by atoms with Crippen LogP contribution < -0.4 is 4.74 Å². The number of aryl methyl sites for hydroxylation is 1. The lowest BCUT2D eigenvalue weighted by molar-refractivity contribution is -0.136. The highest BCUT2D eigenvalue weighted by Crippen LogP contribution is 2.26. The molecule has 0 atom stereocenters. The lowest BCUT2D eigenvalue weighted by Crippen LogP contribution is -2.13. The van der Waals surface area contributed by atoms with E-state index >= 15 is 0 Å². The number of ether oxygens (including phenoxy) is 2. The Balaban J connectivity index is 1.67. The van der Waals surface area contributed by atoms with Gasteiger partial charge in [-0.2, -0.15) is 0 Å². The molecule has 0 bridgehead atoms. The van der Waals surface area contributed by atoms with Gasteiger partial charge in [-0.1, -0.05) is 12.1 Å². The van der Waals surface area contributed by atoms with Crippen LogP contribution in [0.1, 0.15) is 27.3 Å². The molecule has 0 saturated carbocycles. The maximum absolute atomic E-state index is 13.6. The standard InChI is InChI=1S/C24H22FNO5/c1-15-11-20(16(2)26(15)19-6-4-5-18(25)13-19)22(28)14-31-24(29)10-8-17-7-9-21(27)23(12-17)30-3/h4-13,27H,14H2,1-3H3/b10-8+. The van der Waals surface area contributed by atoms with E-state index in [1.165, 1.54) is 37.5 Å². The molecule has 31 heavy (non-hydrogen) atoms. The lowest BCUT2D eigenvalue weighted by atomic mass is 10.1. The van der Waals surface area contributed by atoms with Crippen molar-refractivity contribution in [1.29, 1.82) is 0 Å². The zero-order valence-electron chi connectivity index (χ0n) is 17.4. The Morgan fingerprint density at radius 2 is 1.90 bits per heavy atom. The van der Waals surface area contributed by atoms with Gasteiger partial charge in [-0.25, -0.2) is 9.18 Å². The molecular formula is C24H22FNO5. The number of aromatic hydroxyl groups is 1. The Morgan fingerprint density at radius 3 is 2.61 bits per heavy atom. The molecule has 0 spiro atoms. The Bertz CT molecular complexity index is 1160. The number of halogens is 1. The first-order valence-corrected chi connectivity index (χ1v) is 9.50. The summed E-state index contributed by atoms with van der Waals surface area (Å²) in [5.74, 6) is -1.14. The van der Waals surface area contributed by atoms with Crippen LogP contribution in [0, 0.1) is 19.7 Å². The van der Waals surface area contributed by atoms with Crippen LogP contribution in [0.15, 0.2) is 54.6 Å². The fourth-order valence-electron chi connectivity index (χ4n) is 3.28. The molecule has 7 heteroatoms. The third kappa shape index (κ3) is 5.01. The number of benzene rings is 2. The molecule has 160 valence electrons. The Morgan fingerprint density at radius 1 is 1.13 bits per heavy atom.